The van der Waals surface area contributed by atoms with Gasteiger partial charge in [0.15, 0.2) is 0 Å². The number of piperidine rings is 1. The molecule has 0 radical (unpaired) electrons. The molecule has 0 bridgehead atoms. The third kappa shape index (κ3) is 4.32. The molecule has 1 N–H and O–H groups in total. The molecule has 1 aliphatic rings. The van der Waals surface area contributed by atoms with Gasteiger partial charge in [0.25, 0.3) is 0 Å². The molecule has 0 saturated carbocycles. The lowest BCUT2D eigenvalue weighted by Crippen LogP contribution is -2.31. The van der Waals surface area contributed by atoms with Crippen molar-refractivity contribution in [3.63, 3.8) is 0 Å². The molecule has 2 heteroatoms. The molecule has 1 aromatic rings. The van der Waals surface area contributed by atoms with Crippen molar-refractivity contribution in [1.82, 2.24) is 4.90 Å². The van der Waals surface area contributed by atoms with Crippen molar-refractivity contribution in [3.05, 3.63) is 35.4 Å². The van der Waals surface area contributed by atoms with Crippen LogP contribution in [0.1, 0.15) is 63.7 Å². The van der Waals surface area contributed by atoms with Crippen LogP contribution in [-0.4, -0.2) is 29.6 Å². The molecular weight excluding hydrogens is 246 g/mol. The van der Waals surface area contributed by atoms with Gasteiger partial charge in [-0.1, -0.05) is 51.5 Å². The Kier molecular flexibility index (Phi) is 5.22. The molecule has 1 saturated heterocycles. The first-order valence-electron chi connectivity index (χ1n) is 7.98. The first-order chi connectivity index (χ1) is 9.47. The summed E-state index contributed by atoms with van der Waals surface area (Å²) in [6.45, 7) is 10.1. The van der Waals surface area contributed by atoms with E-state index >= 15 is 0 Å². The molecule has 2 rings (SSSR count). The molecule has 1 unspecified atom stereocenters. The van der Waals surface area contributed by atoms with E-state index in [0.29, 0.717) is 0 Å². The number of benzene rings is 1. The Hall–Kier alpha value is -0.860. The van der Waals surface area contributed by atoms with E-state index in [1.54, 1.807) is 0 Å². The Morgan fingerprint density at radius 1 is 1.05 bits per heavy atom. The lowest BCUT2D eigenvalue weighted by molar-refractivity contribution is 0.134. The van der Waals surface area contributed by atoms with E-state index in [2.05, 4.69) is 49.9 Å². The SMILES string of the molecule is CC(C)(C)c1ccc(C(O)CCN2CCCCC2)cc1. The predicted molar refractivity (Wildman–Crippen MR) is 85.0 cm³/mol. The van der Waals surface area contributed by atoms with Crippen molar-refractivity contribution in [2.24, 2.45) is 0 Å². The zero-order valence-electron chi connectivity index (χ0n) is 13.2. The summed E-state index contributed by atoms with van der Waals surface area (Å²) < 4.78 is 0. The zero-order chi connectivity index (χ0) is 14.6. The Labute approximate surface area is 123 Å². The summed E-state index contributed by atoms with van der Waals surface area (Å²) in [5, 5.41) is 10.3. The van der Waals surface area contributed by atoms with Gasteiger partial charge in [-0.05, 0) is 48.9 Å². The molecule has 2 nitrogen and oxygen atoms in total. The summed E-state index contributed by atoms with van der Waals surface area (Å²) in [4.78, 5) is 2.48. The summed E-state index contributed by atoms with van der Waals surface area (Å²) in [6.07, 6.45) is 4.51. The highest BCUT2D eigenvalue weighted by Crippen LogP contribution is 2.25. The standard InChI is InChI=1S/C18H29NO/c1-18(2,3)16-9-7-15(8-10-16)17(20)11-14-19-12-5-4-6-13-19/h7-10,17,20H,4-6,11-14H2,1-3H3. The van der Waals surface area contributed by atoms with Crippen LogP contribution in [0.5, 0.6) is 0 Å². The number of rotatable bonds is 4. The Morgan fingerprint density at radius 2 is 1.65 bits per heavy atom. The number of aliphatic hydroxyl groups excluding tert-OH is 1. The van der Waals surface area contributed by atoms with Crippen molar-refractivity contribution in [3.8, 4) is 0 Å². The minimum absolute atomic E-state index is 0.178. The Balaban J connectivity index is 1.87. The van der Waals surface area contributed by atoms with Gasteiger partial charge in [-0.15, -0.1) is 0 Å². The molecule has 1 heterocycles. The fourth-order valence-electron chi connectivity index (χ4n) is 2.86. The third-order valence-corrected chi connectivity index (χ3v) is 4.33. The third-order valence-electron chi connectivity index (χ3n) is 4.33. The van der Waals surface area contributed by atoms with Crippen LogP contribution < -0.4 is 0 Å². The molecule has 0 amide bonds. The maximum absolute atomic E-state index is 10.3. The Morgan fingerprint density at radius 3 is 2.20 bits per heavy atom. The van der Waals surface area contributed by atoms with Gasteiger partial charge in [-0.2, -0.15) is 0 Å². The van der Waals surface area contributed by atoms with E-state index in [-0.39, 0.29) is 11.5 Å². The maximum Gasteiger partial charge on any atom is 0.0802 e. The summed E-state index contributed by atoms with van der Waals surface area (Å²) in [6, 6.07) is 8.47. The van der Waals surface area contributed by atoms with Gasteiger partial charge >= 0.3 is 0 Å². The highest BCUT2D eigenvalue weighted by molar-refractivity contribution is 5.28. The van der Waals surface area contributed by atoms with Crippen molar-refractivity contribution in [2.45, 2.75) is 58.0 Å². The second-order valence-corrected chi connectivity index (χ2v) is 7.08. The number of nitrogens with zero attached hydrogens (tertiary/aromatic N) is 1. The van der Waals surface area contributed by atoms with Gasteiger partial charge in [-0.3, -0.25) is 0 Å². The second-order valence-electron chi connectivity index (χ2n) is 7.08. The van der Waals surface area contributed by atoms with Crippen molar-refractivity contribution < 1.29 is 5.11 Å². The van der Waals surface area contributed by atoms with Crippen LogP contribution in [0.25, 0.3) is 0 Å². The molecule has 1 fully saturated rings. The summed E-state index contributed by atoms with van der Waals surface area (Å²) in [5.74, 6) is 0. The predicted octanol–water partition coefficient (Wildman–Crippen LogP) is 3.89. The normalized spacial score (nSPS) is 19.0. The zero-order valence-corrected chi connectivity index (χ0v) is 13.2. The smallest absolute Gasteiger partial charge is 0.0802 e. The van der Waals surface area contributed by atoms with Crippen LogP contribution in [0.15, 0.2) is 24.3 Å². The fraction of sp³-hybridized carbons (Fsp3) is 0.667. The van der Waals surface area contributed by atoms with Crippen molar-refractivity contribution in [2.75, 3.05) is 19.6 Å². The largest absolute Gasteiger partial charge is 0.388 e. The molecule has 1 aromatic carbocycles. The van der Waals surface area contributed by atoms with Crippen molar-refractivity contribution in [1.29, 1.82) is 0 Å². The van der Waals surface area contributed by atoms with E-state index in [9.17, 15) is 5.11 Å². The summed E-state index contributed by atoms with van der Waals surface area (Å²) in [7, 11) is 0. The van der Waals surface area contributed by atoms with Gasteiger partial charge in [0.1, 0.15) is 0 Å². The van der Waals surface area contributed by atoms with Crippen LogP contribution in [0.4, 0.5) is 0 Å². The van der Waals surface area contributed by atoms with E-state index < -0.39 is 0 Å². The van der Waals surface area contributed by atoms with Crippen LogP contribution in [0.3, 0.4) is 0 Å². The number of hydrogen-bond acceptors (Lipinski definition) is 2. The quantitative estimate of drug-likeness (QED) is 0.901. The average molecular weight is 275 g/mol. The molecule has 1 atom stereocenters. The first kappa shape index (κ1) is 15.5. The van der Waals surface area contributed by atoms with Gasteiger partial charge in [0.05, 0.1) is 6.10 Å². The highest BCUT2D eigenvalue weighted by Gasteiger charge is 2.16. The van der Waals surface area contributed by atoms with Gasteiger partial charge in [0.2, 0.25) is 0 Å². The fourth-order valence-corrected chi connectivity index (χ4v) is 2.86. The van der Waals surface area contributed by atoms with Crippen LogP contribution >= 0.6 is 0 Å². The van der Waals surface area contributed by atoms with Crippen LogP contribution in [-0.2, 0) is 5.41 Å². The van der Waals surface area contributed by atoms with E-state index in [1.165, 1.54) is 37.9 Å². The van der Waals surface area contributed by atoms with Crippen molar-refractivity contribution >= 4 is 0 Å². The maximum atomic E-state index is 10.3. The van der Waals surface area contributed by atoms with Crippen LogP contribution in [0, 0.1) is 0 Å². The monoisotopic (exact) mass is 275 g/mol. The summed E-state index contributed by atoms with van der Waals surface area (Å²) in [5.41, 5.74) is 2.55. The molecule has 0 aromatic heterocycles. The van der Waals surface area contributed by atoms with Gasteiger partial charge < -0.3 is 10.0 Å². The topological polar surface area (TPSA) is 23.5 Å². The first-order valence-corrected chi connectivity index (χ1v) is 7.98. The summed E-state index contributed by atoms with van der Waals surface area (Å²) >= 11 is 0. The Bertz CT molecular complexity index is 398. The second kappa shape index (κ2) is 6.73. The van der Waals surface area contributed by atoms with E-state index in [0.717, 1.165) is 18.5 Å². The lowest BCUT2D eigenvalue weighted by Gasteiger charge is -2.27. The minimum atomic E-state index is -0.328. The average Bonchev–Trinajstić information content (AvgIpc) is 2.45. The molecule has 20 heavy (non-hydrogen) atoms. The number of likely N-dealkylation sites (tertiary alicyclic amines) is 1. The number of hydrogen-bond donors (Lipinski definition) is 1. The molecule has 112 valence electrons. The highest BCUT2D eigenvalue weighted by atomic mass is 16.3. The molecular formula is C18H29NO. The molecule has 1 aliphatic heterocycles. The van der Waals surface area contributed by atoms with E-state index in [1.807, 2.05) is 0 Å². The van der Waals surface area contributed by atoms with Gasteiger partial charge in [-0.25, -0.2) is 0 Å². The van der Waals surface area contributed by atoms with E-state index in [4.69, 9.17) is 0 Å². The molecule has 0 spiro atoms. The van der Waals surface area contributed by atoms with Crippen LogP contribution in [0.2, 0.25) is 0 Å². The molecule has 0 aliphatic carbocycles. The lowest BCUT2D eigenvalue weighted by atomic mass is 9.86. The van der Waals surface area contributed by atoms with Gasteiger partial charge in [0, 0.05) is 6.54 Å². The number of aliphatic hydroxyl groups is 1. The minimum Gasteiger partial charge on any atom is -0.388 e.